The highest BCUT2D eigenvalue weighted by molar-refractivity contribution is 5.95. The van der Waals surface area contributed by atoms with Crippen molar-refractivity contribution in [2.75, 3.05) is 44.9 Å². The summed E-state index contributed by atoms with van der Waals surface area (Å²) in [6, 6.07) is 14.2. The zero-order valence-electron chi connectivity index (χ0n) is 18.2. The Kier molecular flexibility index (Phi) is 4.47. The molecule has 0 bridgehead atoms. The van der Waals surface area contributed by atoms with E-state index in [1.807, 2.05) is 35.4 Å². The number of carbonyl (C=O) groups excluding carboxylic acids is 1. The molecule has 3 aromatic rings. The molecule has 1 unspecified atom stereocenters. The summed E-state index contributed by atoms with van der Waals surface area (Å²) < 4.78 is 13.2. The van der Waals surface area contributed by atoms with E-state index in [-0.39, 0.29) is 11.4 Å². The molecule has 0 aliphatic carbocycles. The third kappa shape index (κ3) is 2.77. The van der Waals surface area contributed by atoms with Crippen molar-refractivity contribution >= 4 is 11.6 Å². The number of anilines is 1. The van der Waals surface area contributed by atoms with Gasteiger partial charge in [0.15, 0.2) is 5.82 Å². The average molecular weight is 431 g/mol. The van der Waals surface area contributed by atoms with E-state index in [9.17, 15) is 4.79 Å². The Morgan fingerprint density at radius 2 is 2.19 bits per heavy atom. The molecule has 0 saturated carbocycles. The van der Waals surface area contributed by atoms with Gasteiger partial charge in [-0.25, -0.2) is 4.98 Å². The largest absolute Gasteiger partial charge is 0.493 e. The average Bonchev–Trinajstić information content (AvgIpc) is 3.58. The molecule has 1 spiro atoms. The molecular formula is C25H26N4O3. The van der Waals surface area contributed by atoms with Crippen LogP contribution in [0, 0.1) is 0 Å². The first kappa shape index (κ1) is 19.4. The molecule has 0 N–H and O–H groups in total. The Balaban J connectivity index is 1.38. The number of benzene rings is 1. The zero-order valence-corrected chi connectivity index (χ0v) is 18.2. The predicted octanol–water partition coefficient (Wildman–Crippen LogP) is 3.02. The van der Waals surface area contributed by atoms with Crippen molar-refractivity contribution in [2.45, 2.75) is 18.4 Å². The lowest BCUT2D eigenvalue weighted by atomic mass is 9.89. The summed E-state index contributed by atoms with van der Waals surface area (Å²) in [5.74, 6) is 1.91. The van der Waals surface area contributed by atoms with Crippen LogP contribution in [0.3, 0.4) is 0 Å². The van der Waals surface area contributed by atoms with Gasteiger partial charge in [0.25, 0.3) is 5.91 Å². The summed E-state index contributed by atoms with van der Waals surface area (Å²) in [6.07, 6.45) is 5.62. The van der Waals surface area contributed by atoms with E-state index in [0.29, 0.717) is 26.3 Å². The van der Waals surface area contributed by atoms with Gasteiger partial charge in [0.2, 0.25) is 0 Å². The fourth-order valence-electron chi connectivity index (χ4n) is 5.51. The molecule has 1 atom stereocenters. The molecule has 3 aliphatic rings. The number of carbonyl (C=O) groups is 1. The van der Waals surface area contributed by atoms with E-state index < -0.39 is 0 Å². The molecule has 2 aromatic heterocycles. The Labute approximate surface area is 187 Å². The molecule has 3 aliphatic heterocycles. The number of pyridine rings is 1. The molecule has 1 amide bonds. The molecule has 1 saturated heterocycles. The van der Waals surface area contributed by atoms with Crippen molar-refractivity contribution in [3.05, 3.63) is 71.7 Å². The van der Waals surface area contributed by atoms with E-state index in [0.717, 1.165) is 47.8 Å². The maximum Gasteiger partial charge on any atom is 0.253 e. The molecule has 1 aromatic carbocycles. The molecule has 32 heavy (non-hydrogen) atoms. The quantitative estimate of drug-likeness (QED) is 0.637. The van der Waals surface area contributed by atoms with Gasteiger partial charge in [-0.15, -0.1) is 0 Å². The van der Waals surface area contributed by atoms with Crippen molar-refractivity contribution in [1.82, 2.24) is 14.5 Å². The van der Waals surface area contributed by atoms with Gasteiger partial charge in [0.1, 0.15) is 11.3 Å². The Morgan fingerprint density at radius 3 is 3.09 bits per heavy atom. The normalized spacial score (nSPS) is 20.8. The summed E-state index contributed by atoms with van der Waals surface area (Å²) >= 11 is 0. The maximum absolute atomic E-state index is 13.5. The van der Waals surface area contributed by atoms with Crippen LogP contribution in [0.1, 0.15) is 28.0 Å². The highest BCUT2D eigenvalue weighted by atomic mass is 16.5. The third-order valence-electron chi connectivity index (χ3n) is 7.02. The predicted molar refractivity (Wildman–Crippen MR) is 121 cm³/mol. The maximum atomic E-state index is 13.5. The number of hydrogen-bond donors (Lipinski definition) is 0. The minimum Gasteiger partial charge on any atom is -0.493 e. The number of likely N-dealkylation sites (tertiary alicyclic amines) is 1. The van der Waals surface area contributed by atoms with Crippen molar-refractivity contribution < 1.29 is 14.3 Å². The summed E-state index contributed by atoms with van der Waals surface area (Å²) in [5, 5.41) is 0. The van der Waals surface area contributed by atoms with E-state index in [4.69, 9.17) is 9.47 Å². The van der Waals surface area contributed by atoms with Crippen molar-refractivity contribution in [3.8, 4) is 11.6 Å². The first-order chi connectivity index (χ1) is 15.7. The fraction of sp³-hybridized carbons (Fsp3) is 0.360. The van der Waals surface area contributed by atoms with Gasteiger partial charge < -0.3 is 23.8 Å². The highest BCUT2D eigenvalue weighted by Crippen LogP contribution is 2.47. The number of methoxy groups -OCH3 is 1. The van der Waals surface area contributed by atoms with Crippen LogP contribution < -0.4 is 9.64 Å². The Bertz CT molecular complexity index is 1190. The van der Waals surface area contributed by atoms with Crippen LogP contribution in [-0.2, 0) is 16.7 Å². The van der Waals surface area contributed by atoms with Crippen LogP contribution in [0.2, 0.25) is 0 Å². The van der Waals surface area contributed by atoms with Gasteiger partial charge in [-0.1, -0.05) is 0 Å². The molecular weight excluding hydrogens is 404 g/mol. The minimum atomic E-state index is -0.312. The zero-order chi connectivity index (χ0) is 21.7. The van der Waals surface area contributed by atoms with Crippen LogP contribution in [0.4, 0.5) is 5.69 Å². The molecule has 164 valence electrons. The lowest BCUT2D eigenvalue weighted by molar-refractivity contribution is 0.0781. The van der Waals surface area contributed by atoms with Crippen LogP contribution in [0.15, 0.2) is 54.9 Å². The summed E-state index contributed by atoms with van der Waals surface area (Å²) in [5.41, 5.74) is 3.81. The van der Waals surface area contributed by atoms with Gasteiger partial charge in [-0.2, -0.15) is 0 Å². The number of fused-ring (bicyclic) bond motifs is 5. The lowest BCUT2D eigenvalue weighted by Crippen LogP contribution is -2.53. The van der Waals surface area contributed by atoms with E-state index in [2.05, 4.69) is 38.8 Å². The molecule has 0 radical (unpaired) electrons. The van der Waals surface area contributed by atoms with Gasteiger partial charge >= 0.3 is 0 Å². The smallest absolute Gasteiger partial charge is 0.253 e. The first-order valence-corrected chi connectivity index (χ1v) is 11.2. The second-order valence-electron chi connectivity index (χ2n) is 8.68. The van der Waals surface area contributed by atoms with Crippen LogP contribution in [-0.4, -0.2) is 60.3 Å². The standard InChI is InChI=1S/C25H26N4O3/c1-31-15-13-29-20-4-2-10-26-23(20)28-11-3-5-22(28)25(29)9-12-27(17-25)24(30)19-6-7-21-18(16-19)8-14-32-21/h2-7,10-11,16H,8-9,12-15,17H2,1H3. The molecule has 1 fully saturated rings. The summed E-state index contributed by atoms with van der Waals surface area (Å²) in [6.45, 7) is 3.37. The van der Waals surface area contributed by atoms with Crippen molar-refractivity contribution in [1.29, 1.82) is 0 Å². The van der Waals surface area contributed by atoms with Crippen LogP contribution >= 0.6 is 0 Å². The van der Waals surface area contributed by atoms with Gasteiger partial charge in [-0.3, -0.25) is 4.79 Å². The van der Waals surface area contributed by atoms with Gasteiger partial charge in [-0.05, 0) is 54.4 Å². The van der Waals surface area contributed by atoms with E-state index in [1.165, 1.54) is 5.69 Å². The van der Waals surface area contributed by atoms with Gasteiger partial charge in [0.05, 0.1) is 24.6 Å². The van der Waals surface area contributed by atoms with Crippen molar-refractivity contribution in [2.24, 2.45) is 0 Å². The SMILES string of the molecule is COCCN1c2cccnc2-n2cccc2C12CCN(C(=O)c1ccc3c(c1)CCO3)C2. The topological polar surface area (TPSA) is 59.8 Å². The second kappa shape index (κ2) is 7.38. The summed E-state index contributed by atoms with van der Waals surface area (Å²) in [4.78, 5) is 22.6. The third-order valence-corrected chi connectivity index (χ3v) is 7.02. The number of amides is 1. The Morgan fingerprint density at radius 1 is 1.25 bits per heavy atom. The molecule has 7 heteroatoms. The Hall–Kier alpha value is -3.32. The first-order valence-electron chi connectivity index (χ1n) is 11.2. The highest BCUT2D eigenvalue weighted by Gasteiger charge is 2.50. The van der Waals surface area contributed by atoms with Crippen molar-refractivity contribution in [3.63, 3.8) is 0 Å². The molecule has 5 heterocycles. The number of aromatic nitrogens is 2. The summed E-state index contributed by atoms with van der Waals surface area (Å²) in [7, 11) is 1.73. The minimum absolute atomic E-state index is 0.0818. The molecule has 7 nitrogen and oxygen atoms in total. The fourth-order valence-corrected chi connectivity index (χ4v) is 5.51. The number of rotatable bonds is 4. The number of ether oxygens (including phenoxy) is 2. The van der Waals surface area contributed by atoms with Crippen LogP contribution in [0.5, 0.6) is 5.75 Å². The monoisotopic (exact) mass is 430 g/mol. The second-order valence-corrected chi connectivity index (χ2v) is 8.68. The lowest BCUT2D eigenvalue weighted by Gasteiger charge is -2.47. The van der Waals surface area contributed by atoms with Crippen LogP contribution in [0.25, 0.3) is 5.82 Å². The van der Waals surface area contributed by atoms with E-state index >= 15 is 0 Å². The van der Waals surface area contributed by atoms with Gasteiger partial charge in [0, 0.05) is 51.1 Å². The van der Waals surface area contributed by atoms with E-state index in [1.54, 1.807) is 7.11 Å². The number of nitrogens with zero attached hydrogens (tertiary/aromatic N) is 4. The molecule has 6 rings (SSSR count). The number of hydrogen-bond acceptors (Lipinski definition) is 5.